The van der Waals surface area contributed by atoms with Crippen LogP contribution in [0.2, 0.25) is 5.02 Å². The number of rotatable bonds is 6. The third kappa shape index (κ3) is 4.64. The fourth-order valence-electron chi connectivity index (χ4n) is 3.68. The molecule has 2 N–H and O–H groups in total. The predicted octanol–water partition coefficient (Wildman–Crippen LogP) is 4.80. The van der Waals surface area contributed by atoms with Crippen molar-refractivity contribution in [1.29, 1.82) is 0 Å². The monoisotopic (exact) mass is 473 g/mol. The van der Waals surface area contributed by atoms with Crippen LogP contribution in [0.5, 0.6) is 0 Å². The number of hydroxylamine groups is 2. The third-order valence-electron chi connectivity index (χ3n) is 5.24. The first kappa shape index (κ1) is 23.0. The summed E-state index contributed by atoms with van der Waals surface area (Å²) in [5.74, 6) is -1.73. The highest BCUT2D eigenvalue weighted by Gasteiger charge is 2.28. The van der Waals surface area contributed by atoms with Crippen LogP contribution in [0.3, 0.4) is 0 Å². The van der Waals surface area contributed by atoms with Crippen molar-refractivity contribution < 1.29 is 13.2 Å². The topological polar surface area (TPSA) is 53.6 Å². The van der Waals surface area contributed by atoms with E-state index in [2.05, 4.69) is 10.6 Å². The van der Waals surface area contributed by atoms with E-state index in [4.69, 9.17) is 11.6 Å². The number of hydrogen-bond acceptors (Lipinski definition) is 5. The summed E-state index contributed by atoms with van der Waals surface area (Å²) in [4.78, 5) is 1.98. The number of nitrogens with zero attached hydrogens (tertiary/aromatic N) is 2. The molecule has 0 unspecified atom stereocenters. The van der Waals surface area contributed by atoms with E-state index in [1.165, 1.54) is 36.5 Å². The molecule has 0 fully saturated rings. The van der Waals surface area contributed by atoms with Gasteiger partial charge < -0.3 is 25.8 Å². The van der Waals surface area contributed by atoms with E-state index < -0.39 is 23.0 Å². The fourth-order valence-corrected chi connectivity index (χ4v) is 3.95. The van der Waals surface area contributed by atoms with Crippen LogP contribution in [0.1, 0.15) is 11.1 Å². The summed E-state index contributed by atoms with van der Waals surface area (Å²) >= 11 is 6.34. The van der Waals surface area contributed by atoms with Gasteiger partial charge in [-0.2, -0.15) is 0 Å². The maximum atomic E-state index is 14.7. The number of nitrogens with one attached hydrogen (secondary N) is 2. The highest BCUT2D eigenvalue weighted by molar-refractivity contribution is 6.32. The van der Waals surface area contributed by atoms with E-state index in [9.17, 15) is 18.4 Å². The molecule has 2 heterocycles. The number of hydrogen-bond donors (Lipinski definition) is 2. The van der Waals surface area contributed by atoms with Crippen molar-refractivity contribution in [3.8, 4) is 0 Å². The second-order valence-electron chi connectivity index (χ2n) is 7.83. The average molecular weight is 474 g/mol. The quantitative estimate of drug-likeness (QED) is 0.631. The zero-order chi connectivity index (χ0) is 23.7. The van der Waals surface area contributed by atoms with Crippen molar-refractivity contribution in [2.45, 2.75) is 0 Å². The Morgan fingerprint density at radius 3 is 2.48 bits per heavy atom. The number of allylic oxidation sites excluding steroid dienone is 3. The van der Waals surface area contributed by atoms with Crippen LogP contribution in [0.25, 0.3) is 11.3 Å². The summed E-state index contributed by atoms with van der Waals surface area (Å²) in [7, 11) is 3.85. The van der Waals surface area contributed by atoms with Gasteiger partial charge in [-0.3, -0.25) is 0 Å². The molecule has 0 aromatic heterocycles. The van der Waals surface area contributed by atoms with E-state index in [-0.39, 0.29) is 16.4 Å². The molecule has 172 valence electrons. The number of dihydropyridines is 1. The molecule has 4 rings (SSSR count). The van der Waals surface area contributed by atoms with E-state index in [0.29, 0.717) is 40.7 Å². The van der Waals surface area contributed by atoms with Gasteiger partial charge in [0.15, 0.2) is 0 Å². The van der Waals surface area contributed by atoms with Crippen LogP contribution >= 0.6 is 11.6 Å². The van der Waals surface area contributed by atoms with Gasteiger partial charge >= 0.3 is 0 Å². The molecule has 0 atom stereocenters. The second kappa shape index (κ2) is 9.35. The Labute approximate surface area is 194 Å². The predicted molar refractivity (Wildman–Crippen MR) is 124 cm³/mol. The SMILES string of the molecule is CN(C)CCNC1=CC(c2ccc(F)cc2Cl)=C2C=CN([O-])C(c3c(F)cccc3F)=C2N1. The van der Waals surface area contributed by atoms with Crippen LogP contribution < -0.4 is 10.6 Å². The number of fused-ring (bicyclic) bond motifs is 1. The molecule has 0 radical (unpaired) electrons. The zero-order valence-corrected chi connectivity index (χ0v) is 18.7. The van der Waals surface area contributed by atoms with Crippen molar-refractivity contribution in [3.05, 3.63) is 111 Å². The van der Waals surface area contributed by atoms with Gasteiger partial charge in [0.05, 0.1) is 22.0 Å². The first-order chi connectivity index (χ1) is 15.8. The first-order valence-corrected chi connectivity index (χ1v) is 10.5. The Balaban J connectivity index is 1.93. The molecule has 0 saturated carbocycles. The van der Waals surface area contributed by atoms with Crippen LogP contribution in [0.4, 0.5) is 13.2 Å². The van der Waals surface area contributed by atoms with Gasteiger partial charge in [0.25, 0.3) is 0 Å². The largest absolute Gasteiger partial charge is 0.754 e. The molecule has 0 amide bonds. The molecule has 0 saturated heterocycles. The Hall–Kier alpha value is -3.20. The van der Waals surface area contributed by atoms with Gasteiger partial charge in [0.1, 0.15) is 23.3 Å². The van der Waals surface area contributed by atoms with Gasteiger partial charge in [-0.1, -0.05) is 17.7 Å². The minimum atomic E-state index is -0.868. The van der Waals surface area contributed by atoms with Gasteiger partial charge in [0.2, 0.25) is 0 Å². The molecular formula is C24H21ClF3N4O-. The Morgan fingerprint density at radius 2 is 1.82 bits per heavy atom. The highest BCUT2D eigenvalue weighted by atomic mass is 35.5. The van der Waals surface area contributed by atoms with Crippen LogP contribution in [0, 0.1) is 22.7 Å². The lowest BCUT2D eigenvalue weighted by molar-refractivity contribution is 0.406. The zero-order valence-electron chi connectivity index (χ0n) is 17.9. The number of halogens is 4. The molecule has 9 heteroatoms. The molecule has 2 aliphatic heterocycles. The molecule has 2 aliphatic rings. The molecule has 2 aromatic rings. The molecule has 0 spiro atoms. The summed E-state index contributed by atoms with van der Waals surface area (Å²) in [5.41, 5.74) is 1.12. The maximum absolute atomic E-state index is 14.7. The summed E-state index contributed by atoms with van der Waals surface area (Å²) in [6, 6.07) is 7.40. The highest BCUT2D eigenvalue weighted by Crippen LogP contribution is 2.40. The Bertz CT molecular complexity index is 1200. The van der Waals surface area contributed by atoms with Gasteiger partial charge in [0, 0.05) is 24.2 Å². The Kier molecular flexibility index (Phi) is 6.51. The van der Waals surface area contributed by atoms with Crippen molar-refractivity contribution in [1.82, 2.24) is 20.6 Å². The summed E-state index contributed by atoms with van der Waals surface area (Å²) < 4.78 is 43.0. The van der Waals surface area contributed by atoms with Crippen molar-refractivity contribution in [2.24, 2.45) is 0 Å². The lowest BCUT2D eigenvalue weighted by Gasteiger charge is -2.38. The fraction of sp³-hybridized carbons (Fsp3) is 0.167. The van der Waals surface area contributed by atoms with E-state index >= 15 is 0 Å². The van der Waals surface area contributed by atoms with Gasteiger partial charge in [-0.25, -0.2) is 13.2 Å². The normalized spacial score (nSPS) is 15.6. The van der Waals surface area contributed by atoms with Gasteiger partial charge in [-0.15, -0.1) is 0 Å². The van der Waals surface area contributed by atoms with E-state index in [1.807, 2.05) is 19.0 Å². The number of benzene rings is 2. The minimum absolute atomic E-state index is 0.166. The summed E-state index contributed by atoms with van der Waals surface area (Å²) in [6.45, 7) is 1.27. The first-order valence-electron chi connectivity index (χ1n) is 10.2. The lowest BCUT2D eigenvalue weighted by Crippen LogP contribution is -2.35. The maximum Gasteiger partial charge on any atom is 0.135 e. The number of likely N-dealkylation sites (N-methyl/N-ethyl adjacent to an activating group) is 1. The minimum Gasteiger partial charge on any atom is -0.754 e. The van der Waals surface area contributed by atoms with E-state index in [1.54, 1.807) is 6.08 Å². The van der Waals surface area contributed by atoms with Crippen molar-refractivity contribution in [3.63, 3.8) is 0 Å². The third-order valence-corrected chi connectivity index (χ3v) is 5.55. The molecule has 2 aromatic carbocycles. The van der Waals surface area contributed by atoms with Gasteiger partial charge in [-0.05, 0) is 68.4 Å². The van der Waals surface area contributed by atoms with Crippen molar-refractivity contribution >= 4 is 22.9 Å². The summed E-state index contributed by atoms with van der Waals surface area (Å²) in [5, 5.41) is 19.7. The van der Waals surface area contributed by atoms with E-state index in [0.717, 1.165) is 12.1 Å². The van der Waals surface area contributed by atoms with Crippen molar-refractivity contribution in [2.75, 3.05) is 27.2 Å². The molecular weight excluding hydrogens is 453 g/mol. The molecule has 0 bridgehead atoms. The second-order valence-corrected chi connectivity index (χ2v) is 8.23. The molecule has 0 aliphatic carbocycles. The smallest absolute Gasteiger partial charge is 0.135 e. The van der Waals surface area contributed by atoms with Crippen LogP contribution in [-0.4, -0.2) is 37.1 Å². The summed E-state index contributed by atoms with van der Waals surface area (Å²) in [6.07, 6.45) is 4.48. The molecule has 5 nitrogen and oxygen atoms in total. The lowest BCUT2D eigenvalue weighted by atomic mass is 9.91. The van der Waals surface area contributed by atoms with Crippen LogP contribution in [0.15, 0.2) is 71.8 Å². The average Bonchev–Trinajstić information content (AvgIpc) is 2.74. The van der Waals surface area contributed by atoms with Crippen LogP contribution in [-0.2, 0) is 0 Å². The Morgan fingerprint density at radius 1 is 1.09 bits per heavy atom. The standard InChI is InChI=1S/C24H21ClF3N4O/c1-31(2)11-9-29-21-13-17(15-7-6-14(26)12-18(15)25)16-8-10-32(33)24(23(16)30-21)22-19(27)4-3-5-20(22)28/h3-8,10,12-13,29-30H,9,11H2,1-2H3/q-1. The molecule has 33 heavy (non-hydrogen) atoms.